The maximum Gasteiger partial charge on any atom is 0.245 e. The molecule has 112 valence electrons. The molecule has 0 saturated heterocycles. The van der Waals surface area contributed by atoms with E-state index in [0.29, 0.717) is 11.4 Å². The van der Waals surface area contributed by atoms with Crippen LogP contribution in [0.5, 0.6) is 5.75 Å². The van der Waals surface area contributed by atoms with Gasteiger partial charge in [-0.05, 0) is 13.0 Å². The van der Waals surface area contributed by atoms with Crippen LogP contribution in [0.2, 0.25) is 0 Å². The summed E-state index contributed by atoms with van der Waals surface area (Å²) >= 11 is 0. The molecular weight excluding hydrogens is 294 g/mol. The number of para-hydroxylation sites is 1. The molecule has 0 bridgehead atoms. The number of nitrogens with one attached hydrogen (secondary N) is 2. The number of aliphatic hydroxyl groups is 1. The minimum Gasteiger partial charge on any atom is -0.491 e. The van der Waals surface area contributed by atoms with E-state index in [2.05, 4.69) is 14.9 Å². The first kappa shape index (κ1) is 14.1. The molecule has 2 heterocycles. The van der Waals surface area contributed by atoms with Crippen molar-refractivity contribution in [2.45, 2.75) is 24.5 Å². The molecule has 0 amide bonds. The standard InChI is InChI=1S/C13H15N3O4S/c1-8-13(10(6-17)15-14-8)21(18,19)16-11-7-20-12-5-3-2-4-9(11)12/h2-5,11,16-17H,6-7H2,1H3,(H,14,15). The van der Waals surface area contributed by atoms with E-state index in [0.717, 1.165) is 5.56 Å². The summed E-state index contributed by atoms with van der Waals surface area (Å²) in [7, 11) is -3.80. The van der Waals surface area contributed by atoms with Gasteiger partial charge in [0.25, 0.3) is 0 Å². The van der Waals surface area contributed by atoms with Gasteiger partial charge in [0.2, 0.25) is 10.0 Å². The lowest BCUT2D eigenvalue weighted by Crippen LogP contribution is -2.30. The molecule has 21 heavy (non-hydrogen) atoms. The van der Waals surface area contributed by atoms with E-state index >= 15 is 0 Å². The van der Waals surface area contributed by atoms with Gasteiger partial charge in [-0.1, -0.05) is 18.2 Å². The molecule has 8 heteroatoms. The van der Waals surface area contributed by atoms with Gasteiger partial charge in [-0.15, -0.1) is 0 Å². The molecule has 0 spiro atoms. The van der Waals surface area contributed by atoms with Crippen molar-refractivity contribution in [1.82, 2.24) is 14.9 Å². The summed E-state index contributed by atoms with van der Waals surface area (Å²) in [6, 6.07) is 6.83. The largest absolute Gasteiger partial charge is 0.491 e. The van der Waals surface area contributed by atoms with Crippen LogP contribution >= 0.6 is 0 Å². The number of aromatic nitrogens is 2. The first-order valence-corrected chi connectivity index (χ1v) is 7.90. The molecule has 0 radical (unpaired) electrons. The van der Waals surface area contributed by atoms with Crippen molar-refractivity contribution in [3.8, 4) is 5.75 Å². The van der Waals surface area contributed by atoms with E-state index in [1.165, 1.54) is 0 Å². The zero-order chi connectivity index (χ0) is 15.0. The highest BCUT2D eigenvalue weighted by atomic mass is 32.2. The number of aryl methyl sites for hydroxylation is 1. The highest BCUT2D eigenvalue weighted by molar-refractivity contribution is 7.89. The summed E-state index contributed by atoms with van der Waals surface area (Å²) < 4.78 is 33.1. The molecule has 1 aliphatic rings. The predicted octanol–water partition coefficient (Wildman–Crippen LogP) is 0.622. The molecule has 1 aliphatic heterocycles. The predicted molar refractivity (Wildman–Crippen MR) is 74.2 cm³/mol. The Kier molecular flexibility index (Phi) is 3.44. The van der Waals surface area contributed by atoms with E-state index < -0.39 is 22.7 Å². The molecule has 1 aromatic heterocycles. The average Bonchev–Trinajstić information content (AvgIpc) is 3.03. The zero-order valence-electron chi connectivity index (χ0n) is 11.3. The number of rotatable bonds is 4. The average molecular weight is 309 g/mol. The lowest BCUT2D eigenvalue weighted by molar-refractivity contribution is 0.273. The molecular formula is C13H15N3O4S. The van der Waals surface area contributed by atoms with Gasteiger partial charge in [0.05, 0.1) is 18.3 Å². The lowest BCUT2D eigenvalue weighted by Gasteiger charge is -2.12. The van der Waals surface area contributed by atoms with E-state index in [9.17, 15) is 13.5 Å². The summed E-state index contributed by atoms with van der Waals surface area (Å²) in [4.78, 5) is -0.00520. The van der Waals surface area contributed by atoms with Crippen LogP contribution < -0.4 is 9.46 Å². The molecule has 3 N–H and O–H groups in total. The van der Waals surface area contributed by atoms with Gasteiger partial charge in [0.15, 0.2) is 0 Å². The van der Waals surface area contributed by atoms with Crippen molar-refractivity contribution in [3.63, 3.8) is 0 Å². The van der Waals surface area contributed by atoms with Crippen LogP contribution in [0.25, 0.3) is 0 Å². The van der Waals surface area contributed by atoms with Crippen molar-refractivity contribution < 1.29 is 18.3 Å². The summed E-state index contributed by atoms with van der Waals surface area (Å²) in [5.74, 6) is 0.677. The third kappa shape index (κ3) is 2.41. The molecule has 0 aliphatic carbocycles. The summed E-state index contributed by atoms with van der Waals surface area (Å²) in [6.45, 7) is 1.39. The highest BCUT2D eigenvalue weighted by Gasteiger charge is 2.31. The number of aliphatic hydroxyl groups excluding tert-OH is 1. The van der Waals surface area contributed by atoms with Gasteiger partial charge in [-0.3, -0.25) is 5.10 Å². The number of fused-ring (bicyclic) bond motifs is 1. The number of aromatic amines is 1. The monoisotopic (exact) mass is 309 g/mol. The number of hydrogen-bond acceptors (Lipinski definition) is 5. The van der Waals surface area contributed by atoms with Crippen LogP contribution in [-0.2, 0) is 16.6 Å². The molecule has 1 aromatic carbocycles. The fourth-order valence-electron chi connectivity index (χ4n) is 2.44. The van der Waals surface area contributed by atoms with Crippen molar-refractivity contribution >= 4 is 10.0 Å². The zero-order valence-corrected chi connectivity index (χ0v) is 12.1. The van der Waals surface area contributed by atoms with Gasteiger partial charge >= 0.3 is 0 Å². The van der Waals surface area contributed by atoms with Gasteiger partial charge in [0.1, 0.15) is 22.9 Å². The number of sulfonamides is 1. The summed E-state index contributed by atoms with van der Waals surface area (Å²) in [5, 5.41) is 15.6. The van der Waals surface area contributed by atoms with Gasteiger partial charge in [0, 0.05) is 5.56 Å². The fraction of sp³-hybridized carbons (Fsp3) is 0.308. The van der Waals surface area contributed by atoms with E-state index in [1.54, 1.807) is 13.0 Å². The van der Waals surface area contributed by atoms with Crippen LogP contribution in [0.1, 0.15) is 23.0 Å². The van der Waals surface area contributed by atoms with Gasteiger partial charge in [-0.25, -0.2) is 8.42 Å². The second kappa shape index (κ2) is 5.14. The Labute approximate surface area is 122 Å². The number of ether oxygens (including phenoxy) is 1. The number of nitrogens with zero attached hydrogens (tertiary/aromatic N) is 1. The highest BCUT2D eigenvalue weighted by Crippen LogP contribution is 2.33. The Morgan fingerprint density at radius 1 is 1.48 bits per heavy atom. The van der Waals surface area contributed by atoms with Crippen LogP contribution in [0.15, 0.2) is 29.2 Å². The fourth-order valence-corrected chi connectivity index (χ4v) is 4.00. The van der Waals surface area contributed by atoms with Crippen molar-refractivity contribution in [2.75, 3.05) is 6.61 Å². The molecule has 0 saturated carbocycles. The van der Waals surface area contributed by atoms with Crippen molar-refractivity contribution in [1.29, 1.82) is 0 Å². The second-order valence-corrected chi connectivity index (χ2v) is 6.46. The quantitative estimate of drug-likeness (QED) is 0.768. The molecule has 1 atom stereocenters. The summed E-state index contributed by atoms with van der Waals surface area (Å²) in [5.41, 5.74) is 1.29. The SMILES string of the molecule is Cc1[nH]nc(CO)c1S(=O)(=O)NC1COc2ccccc21. The minimum absolute atomic E-state index is 0.00520. The Balaban J connectivity index is 1.93. The number of benzene rings is 1. The van der Waals surface area contributed by atoms with Crippen LogP contribution in [0, 0.1) is 6.92 Å². The number of H-pyrrole nitrogens is 1. The van der Waals surface area contributed by atoms with Gasteiger partial charge in [-0.2, -0.15) is 9.82 Å². The second-order valence-electron chi connectivity index (χ2n) is 4.81. The summed E-state index contributed by atoms with van der Waals surface area (Å²) in [6.07, 6.45) is 0. The Morgan fingerprint density at radius 3 is 3.00 bits per heavy atom. The minimum atomic E-state index is -3.80. The van der Waals surface area contributed by atoms with Crippen LogP contribution in [0.4, 0.5) is 0 Å². The van der Waals surface area contributed by atoms with Crippen molar-refractivity contribution in [2.24, 2.45) is 0 Å². The topological polar surface area (TPSA) is 104 Å². The molecule has 0 fully saturated rings. The maximum absolute atomic E-state index is 12.5. The van der Waals surface area contributed by atoms with Crippen LogP contribution in [-0.4, -0.2) is 30.3 Å². The van der Waals surface area contributed by atoms with E-state index in [4.69, 9.17) is 4.74 Å². The maximum atomic E-state index is 12.5. The Hall–Kier alpha value is -1.90. The smallest absolute Gasteiger partial charge is 0.245 e. The van der Waals surface area contributed by atoms with Crippen LogP contribution in [0.3, 0.4) is 0 Å². The third-order valence-electron chi connectivity index (χ3n) is 3.38. The van der Waals surface area contributed by atoms with Crippen molar-refractivity contribution in [3.05, 3.63) is 41.2 Å². The van der Waals surface area contributed by atoms with E-state index in [1.807, 2.05) is 18.2 Å². The Bertz CT molecular complexity index is 769. The molecule has 7 nitrogen and oxygen atoms in total. The van der Waals surface area contributed by atoms with Gasteiger partial charge < -0.3 is 9.84 Å². The van der Waals surface area contributed by atoms with E-state index in [-0.39, 0.29) is 17.2 Å². The molecule has 2 aromatic rings. The molecule has 1 unspecified atom stereocenters. The first-order valence-electron chi connectivity index (χ1n) is 6.41. The Morgan fingerprint density at radius 2 is 2.24 bits per heavy atom. The number of hydrogen-bond donors (Lipinski definition) is 3. The third-order valence-corrected chi connectivity index (χ3v) is 5.05. The normalized spacial score (nSPS) is 17.5. The lowest BCUT2D eigenvalue weighted by atomic mass is 10.1. The first-order chi connectivity index (χ1) is 10.0. The molecule has 3 rings (SSSR count).